The van der Waals surface area contributed by atoms with Gasteiger partial charge in [0.05, 0.1) is 4.92 Å². The molecule has 120 valence electrons. The number of hydrogen-bond acceptors (Lipinski definition) is 4. The summed E-state index contributed by atoms with van der Waals surface area (Å²) >= 11 is 5.99. The number of aryl methyl sites for hydroxylation is 2. The van der Waals surface area contributed by atoms with Gasteiger partial charge in [0.15, 0.2) is 6.61 Å². The van der Waals surface area contributed by atoms with Crippen molar-refractivity contribution in [3.8, 4) is 5.75 Å². The van der Waals surface area contributed by atoms with Gasteiger partial charge in [0.25, 0.3) is 11.6 Å². The minimum Gasteiger partial charge on any atom is -0.484 e. The van der Waals surface area contributed by atoms with Gasteiger partial charge < -0.3 is 10.1 Å². The van der Waals surface area contributed by atoms with Gasteiger partial charge in [-0.1, -0.05) is 17.7 Å². The summed E-state index contributed by atoms with van der Waals surface area (Å²) in [5, 5.41) is 14.0. The van der Waals surface area contributed by atoms with E-state index in [0.717, 1.165) is 5.56 Å². The number of rotatable bonds is 5. The maximum Gasteiger partial charge on any atom is 0.272 e. The molecule has 0 aromatic heterocycles. The maximum absolute atomic E-state index is 11.9. The number of nitro groups is 1. The number of nitrogens with one attached hydrogen (secondary N) is 1. The normalized spacial score (nSPS) is 10.2. The second-order valence-corrected chi connectivity index (χ2v) is 5.41. The van der Waals surface area contributed by atoms with Crippen LogP contribution in [0.25, 0.3) is 0 Å². The number of hydrogen-bond donors (Lipinski definition) is 1. The molecule has 0 heterocycles. The summed E-state index contributed by atoms with van der Waals surface area (Å²) < 4.78 is 5.34. The van der Waals surface area contributed by atoms with Crippen molar-refractivity contribution in [3.05, 3.63) is 62.7 Å². The van der Waals surface area contributed by atoms with Crippen molar-refractivity contribution in [2.45, 2.75) is 13.8 Å². The lowest BCUT2D eigenvalue weighted by Gasteiger charge is -2.09. The molecule has 2 aromatic carbocycles. The summed E-state index contributed by atoms with van der Waals surface area (Å²) in [7, 11) is 0. The highest BCUT2D eigenvalue weighted by Crippen LogP contribution is 2.23. The first-order chi connectivity index (χ1) is 10.9. The molecule has 0 saturated carbocycles. The zero-order valence-electron chi connectivity index (χ0n) is 12.6. The molecule has 0 aliphatic heterocycles. The van der Waals surface area contributed by atoms with Gasteiger partial charge in [-0.3, -0.25) is 14.9 Å². The fraction of sp³-hybridized carbons (Fsp3) is 0.188. The zero-order chi connectivity index (χ0) is 17.0. The minimum atomic E-state index is -0.465. The Labute approximate surface area is 138 Å². The van der Waals surface area contributed by atoms with Crippen molar-refractivity contribution < 1.29 is 14.5 Å². The summed E-state index contributed by atoms with van der Waals surface area (Å²) in [6, 6.07) is 9.54. The molecule has 0 bridgehead atoms. The highest BCUT2D eigenvalue weighted by molar-refractivity contribution is 6.31. The van der Waals surface area contributed by atoms with Crippen LogP contribution in [0.15, 0.2) is 36.4 Å². The first-order valence-corrected chi connectivity index (χ1v) is 7.18. The second-order valence-electron chi connectivity index (χ2n) is 5.01. The number of halogens is 1. The number of amides is 1. The Bertz CT molecular complexity index is 762. The molecule has 7 heteroatoms. The molecular formula is C16H15ClN2O4. The van der Waals surface area contributed by atoms with E-state index in [1.54, 1.807) is 25.1 Å². The van der Waals surface area contributed by atoms with Crippen LogP contribution in [0, 0.1) is 24.0 Å². The molecular weight excluding hydrogens is 320 g/mol. The third-order valence-electron chi connectivity index (χ3n) is 3.19. The van der Waals surface area contributed by atoms with Gasteiger partial charge in [-0.25, -0.2) is 0 Å². The van der Waals surface area contributed by atoms with Crippen molar-refractivity contribution in [2.24, 2.45) is 0 Å². The standard InChI is InChI=1S/C16H15ClN2O4/c1-10-3-4-12(8-14(10)17)18-16(20)9-23-13-5-6-15(19(21)22)11(2)7-13/h3-8H,9H2,1-2H3,(H,18,20). The van der Waals surface area contributed by atoms with Gasteiger partial charge in [0.2, 0.25) is 0 Å². The Balaban J connectivity index is 1.95. The number of benzene rings is 2. The van der Waals surface area contributed by atoms with Crippen LogP contribution in [0.4, 0.5) is 11.4 Å². The molecule has 2 rings (SSSR count). The highest BCUT2D eigenvalue weighted by Gasteiger charge is 2.11. The molecule has 1 amide bonds. The van der Waals surface area contributed by atoms with Crippen LogP contribution in [-0.4, -0.2) is 17.4 Å². The largest absolute Gasteiger partial charge is 0.484 e. The Morgan fingerprint density at radius 3 is 2.57 bits per heavy atom. The lowest BCUT2D eigenvalue weighted by Crippen LogP contribution is -2.20. The van der Waals surface area contributed by atoms with E-state index < -0.39 is 4.92 Å². The summed E-state index contributed by atoms with van der Waals surface area (Å²) in [5.74, 6) is 0.0473. The topological polar surface area (TPSA) is 81.5 Å². The van der Waals surface area contributed by atoms with Gasteiger partial charge in [-0.05, 0) is 43.7 Å². The zero-order valence-corrected chi connectivity index (χ0v) is 13.4. The predicted octanol–water partition coefficient (Wildman–Crippen LogP) is 3.88. The first kappa shape index (κ1) is 16.8. The average molecular weight is 335 g/mol. The summed E-state index contributed by atoms with van der Waals surface area (Å²) in [6.07, 6.45) is 0. The van der Waals surface area contributed by atoms with E-state index in [1.807, 2.05) is 6.92 Å². The third-order valence-corrected chi connectivity index (χ3v) is 3.60. The van der Waals surface area contributed by atoms with E-state index in [9.17, 15) is 14.9 Å². The van der Waals surface area contributed by atoms with Crippen molar-refractivity contribution in [1.29, 1.82) is 0 Å². The molecule has 23 heavy (non-hydrogen) atoms. The number of nitro benzene ring substituents is 1. The summed E-state index contributed by atoms with van der Waals surface area (Å²) in [6.45, 7) is 3.27. The van der Waals surface area contributed by atoms with E-state index >= 15 is 0 Å². The van der Waals surface area contributed by atoms with Crippen molar-refractivity contribution >= 4 is 28.9 Å². The lowest BCUT2D eigenvalue weighted by atomic mass is 10.2. The number of nitrogens with zero attached hydrogens (tertiary/aromatic N) is 1. The van der Waals surface area contributed by atoms with Gasteiger partial charge in [0.1, 0.15) is 5.75 Å². The van der Waals surface area contributed by atoms with E-state index in [-0.39, 0.29) is 18.2 Å². The number of carbonyl (C=O) groups excluding carboxylic acids is 1. The third kappa shape index (κ3) is 4.43. The minimum absolute atomic E-state index is 0.0103. The smallest absolute Gasteiger partial charge is 0.272 e. The lowest BCUT2D eigenvalue weighted by molar-refractivity contribution is -0.385. The van der Waals surface area contributed by atoms with Crippen LogP contribution in [-0.2, 0) is 4.79 Å². The van der Waals surface area contributed by atoms with Crippen molar-refractivity contribution in [2.75, 3.05) is 11.9 Å². The van der Waals surface area contributed by atoms with Crippen LogP contribution in [0.2, 0.25) is 5.02 Å². The number of ether oxygens (including phenoxy) is 1. The van der Waals surface area contributed by atoms with Crippen LogP contribution in [0.1, 0.15) is 11.1 Å². The first-order valence-electron chi connectivity index (χ1n) is 6.80. The van der Waals surface area contributed by atoms with Crippen LogP contribution < -0.4 is 10.1 Å². The average Bonchev–Trinajstić information content (AvgIpc) is 2.48. The van der Waals surface area contributed by atoms with E-state index in [2.05, 4.69) is 5.32 Å². The summed E-state index contributed by atoms with van der Waals surface area (Å²) in [4.78, 5) is 22.1. The quantitative estimate of drug-likeness (QED) is 0.664. The molecule has 0 unspecified atom stereocenters. The Hall–Kier alpha value is -2.60. The molecule has 2 aromatic rings. The van der Waals surface area contributed by atoms with E-state index in [1.165, 1.54) is 18.2 Å². The fourth-order valence-electron chi connectivity index (χ4n) is 1.94. The molecule has 6 nitrogen and oxygen atoms in total. The molecule has 0 aliphatic carbocycles. The molecule has 0 spiro atoms. The van der Waals surface area contributed by atoms with E-state index in [0.29, 0.717) is 22.0 Å². The molecule has 0 atom stereocenters. The molecule has 0 radical (unpaired) electrons. The Morgan fingerprint density at radius 2 is 1.96 bits per heavy atom. The number of carbonyl (C=O) groups is 1. The fourth-order valence-corrected chi connectivity index (χ4v) is 2.12. The monoisotopic (exact) mass is 334 g/mol. The molecule has 1 N–H and O–H groups in total. The van der Waals surface area contributed by atoms with Gasteiger partial charge in [-0.15, -0.1) is 0 Å². The van der Waals surface area contributed by atoms with Gasteiger partial charge in [0, 0.05) is 22.3 Å². The second kappa shape index (κ2) is 7.11. The predicted molar refractivity (Wildman–Crippen MR) is 88.1 cm³/mol. The van der Waals surface area contributed by atoms with Crippen molar-refractivity contribution in [3.63, 3.8) is 0 Å². The van der Waals surface area contributed by atoms with Gasteiger partial charge in [-0.2, -0.15) is 0 Å². The summed E-state index contributed by atoms with van der Waals surface area (Å²) in [5.41, 5.74) is 1.98. The molecule has 0 saturated heterocycles. The highest BCUT2D eigenvalue weighted by atomic mass is 35.5. The SMILES string of the molecule is Cc1ccc(NC(=O)COc2ccc([N+](=O)[O-])c(C)c2)cc1Cl. The number of anilines is 1. The maximum atomic E-state index is 11.9. The Kier molecular flexibility index (Phi) is 5.18. The molecule has 0 fully saturated rings. The van der Waals surface area contributed by atoms with Crippen LogP contribution in [0.3, 0.4) is 0 Å². The van der Waals surface area contributed by atoms with Crippen LogP contribution >= 0.6 is 11.6 Å². The van der Waals surface area contributed by atoms with Gasteiger partial charge >= 0.3 is 0 Å². The Morgan fingerprint density at radius 1 is 1.22 bits per heavy atom. The van der Waals surface area contributed by atoms with Crippen LogP contribution in [0.5, 0.6) is 5.75 Å². The van der Waals surface area contributed by atoms with Crippen molar-refractivity contribution in [1.82, 2.24) is 0 Å². The van der Waals surface area contributed by atoms with E-state index in [4.69, 9.17) is 16.3 Å². The molecule has 0 aliphatic rings.